The first-order chi connectivity index (χ1) is 13.5. The van der Waals surface area contributed by atoms with Crippen molar-refractivity contribution in [3.63, 3.8) is 0 Å². The van der Waals surface area contributed by atoms with E-state index in [1.165, 1.54) is 12.1 Å². The zero-order valence-corrected chi connectivity index (χ0v) is 16.1. The molecule has 1 saturated heterocycles. The molecule has 0 atom stereocenters. The molecule has 0 N–H and O–H groups in total. The SMILES string of the molecule is Cc1nn2cnnc2c(C)c1CCC(=O)N1CCN(c2ccc(F)cc2)CC1. The van der Waals surface area contributed by atoms with Crippen molar-refractivity contribution in [2.45, 2.75) is 26.7 Å². The number of anilines is 1. The van der Waals surface area contributed by atoms with Gasteiger partial charge in [0.2, 0.25) is 5.91 Å². The van der Waals surface area contributed by atoms with Gasteiger partial charge in [0.25, 0.3) is 0 Å². The summed E-state index contributed by atoms with van der Waals surface area (Å²) in [6.07, 6.45) is 2.68. The maximum atomic E-state index is 13.1. The van der Waals surface area contributed by atoms with Crippen molar-refractivity contribution >= 4 is 17.2 Å². The van der Waals surface area contributed by atoms with Crippen LogP contribution < -0.4 is 4.90 Å². The summed E-state index contributed by atoms with van der Waals surface area (Å²) >= 11 is 0. The average Bonchev–Trinajstić information content (AvgIpc) is 3.17. The Labute approximate surface area is 162 Å². The Morgan fingerprint density at radius 1 is 1.11 bits per heavy atom. The topological polar surface area (TPSA) is 66.6 Å². The Morgan fingerprint density at radius 3 is 2.54 bits per heavy atom. The number of nitrogens with zero attached hydrogens (tertiary/aromatic N) is 6. The number of benzene rings is 1. The minimum atomic E-state index is -0.234. The van der Waals surface area contributed by atoms with Crippen molar-refractivity contribution in [3.05, 3.63) is 53.2 Å². The van der Waals surface area contributed by atoms with Gasteiger partial charge in [-0.05, 0) is 50.1 Å². The predicted octanol–water partition coefficient (Wildman–Crippen LogP) is 2.16. The summed E-state index contributed by atoms with van der Waals surface area (Å²) in [4.78, 5) is 16.8. The van der Waals surface area contributed by atoms with E-state index in [2.05, 4.69) is 20.2 Å². The fourth-order valence-electron chi connectivity index (χ4n) is 3.80. The zero-order chi connectivity index (χ0) is 19.7. The van der Waals surface area contributed by atoms with Gasteiger partial charge in [-0.1, -0.05) is 0 Å². The first-order valence-corrected chi connectivity index (χ1v) is 9.47. The summed E-state index contributed by atoms with van der Waals surface area (Å²) in [5.74, 6) is -0.0825. The summed E-state index contributed by atoms with van der Waals surface area (Å²) in [5, 5.41) is 12.5. The quantitative estimate of drug-likeness (QED) is 0.692. The lowest BCUT2D eigenvalue weighted by Crippen LogP contribution is -2.48. The molecule has 1 aromatic carbocycles. The molecule has 8 heteroatoms. The van der Waals surface area contributed by atoms with Crippen LogP contribution in [0.25, 0.3) is 5.65 Å². The molecule has 0 unspecified atom stereocenters. The second-order valence-corrected chi connectivity index (χ2v) is 7.13. The normalized spacial score (nSPS) is 14.7. The molecule has 0 spiro atoms. The highest BCUT2D eigenvalue weighted by Crippen LogP contribution is 2.20. The van der Waals surface area contributed by atoms with Crippen LogP contribution in [-0.4, -0.2) is 56.8 Å². The monoisotopic (exact) mass is 382 g/mol. The Balaban J connectivity index is 1.36. The minimum Gasteiger partial charge on any atom is -0.368 e. The molecular weight excluding hydrogens is 359 g/mol. The number of aryl methyl sites for hydroxylation is 2. The van der Waals surface area contributed by atoms with Gasteiger partial charge >= 0.3 is 0 Å². The minimum absolute atomic E-state index is 0.152. The number of aromatic nitrogens is 4. The van der Waals surface area contributed by atoms with Crippen LogP contribution >= 0.6 is 0 Å². The number of fused-ring (bicyclic) bond motifs is 1. The molecule has 0 radical (unpaired) electrons. The molecule has 146 valence electrons. The largest absolute Gasteiger partial charge is 0.368 e. The van der Waals surface area contributed by atoms with Crippen LogP contribution in [0.3, 0.4) is 0 Å². The van der Waals surface area contributed by atoms with E-state index in [0.717, 1.165) is 41.2 Å². The smallest absolute Gasteiger partial charge is 0.223 e. The zero-order valence-electron chi connectivity index (χ0n) is 16.1. The van der Waals surface area contributed by atoms with Gasteiger partial charge in [0.1, 0.15) is 12.1 Å². The van der Waals surface area contributed by atoms with Crippen LogP contribution in [0.4, 0.5) is 10.1 Å². The molecule has 0 bridgehead atoms. The molecule has 28 heavy (non-hydrogen) atoms. The van der Waals surface area contributed by atoms with Crippen molar-refractivity contribution < 1.29 is 9.18 Å². The van der Waals surface area contributed by atoms with E-state index < -0.39 is 0 Å². The summed E-state index contributed by atoms with van der Waals surface area (Å²) < 4.78 is 14.8. The molecule has 4 rings (SSSR count). The molecule has 1 aliphatic heterocycles. The third kappa shape index (κ3) is 3.54. The fraction of sp³-hybridized carbons (Fsp3) is 0.400. The van der Waals surface area contributed by atoms with Crippen LogP contribution in [0.1, 0.15) is 23.2 Å². The summed E-state index contributed by atoms with van der Waals surface area (Å²) in [6.45, 7) is 6.81. The van der Waals surface area contributed by atoms with Crippen LogP contribution in [0, 0.1) is 19.7 Å². The van der Waals surface area contributed by atoms with E-state index >= 15 is 0 Å². The van der Waals surface area contributed by atoms with Gasteiger partial charge in [0.15, 0.2) is 5.65 Å². The van der Waals surface area contributed by atoms with E-state index in [4.69, 9.17) is 0 Å². The van der Waals surface area contributed by atoms with Crippen LogP contribution in [0.2, 0.25) is 0 Å². The Bertz CT molecular complexity index is 992. The first-order valence-electron chi connectivity index (χ1n) is 9.47. The highest BCUT2D eigenvalue weighted by Gasteiger charge is 2.22. The third-order valence-electron chi connectivity index (χ3n) is 5.43. The lowest BCUT2D eigenvalue weighted by atomic mass is 10.0. The second kappa shape index (κ2) is 7.53. The number of halogens is 1. The van der Waals surface area contributed by atoms with Crippen LogP contribution in [0.15, 0.2) is 30.6 Å². The number of hydrogen-bond donors (Lipinski definition) is 0. The van der Waals surface area contributed by atoms with Crippen molar-refractivity contribution in [2.24, 2.45) is 0 Å². The van der Waals surface area contributed by atoms with Crippen molar-refractivity contribution in [2.75, 3.05) is 31.1 Å². The van der Waals surface area contributed by atoms with Gasteiger partial charge < -0.3 is 9.80 Å². The molecule has 1 aliphatic rings. The summed E-state index contributed by atoms with van der Waals surface area (Å²) in [6, 6.07) is 6.51. The Kier molecular flexibility index (Phi) is 4.93. The lowest BCUT2D eigenvalue weighted by molar-refractivity contribution is -0.131. The number of rotatable bonds is 4. The number of carbonyl (C=O) groups excluding carboxylic acids is 1. The van der Waals surface area contributed by atoms with E-state index in [-0.39, 0.29) is 11.7 Å². The number of piperazine rings is 1. The number of carbonyl (C=O) groups is 1. The molecule has 0 aliphatic carbocycles. The number of hydrogen-bond acceptors (Lipinski definition) is 5. The van der Waals surface area contributed by atoms with E-state index in [1.54, 1.807) is 23.0 Å². The van der Waals surface area contributed by atoms with Crippen molar-refractivity contribution in [3.8, 4) is 0 Å². The second-order valence-electron chi connectivity index (χ2n) is 7.13. The molecule has 1 amide bonds. The van der Waals surface area contributed by atoms with Gasteiger partial charge in [0, 0.05) is 43.9 Å². The molecule has 3 heterocycles. The van der Waals surface area contributed by atoms with Gasteiger partial charge in [-0.3, -0.25) is 4.79 Å². The molecule has 7 nitrogen and oxygen atoms in total. The van der Waals surface area contributed by atoms with Gasteiger partial charge in [-0.25, -0.2) is 8.91 Å². The highest BCUT2D eigenvalue weighted by atomic mass is 19.1. The lowest BCUT2D eigenvalue weighted by Gasteiger charge is -2.36. The predicted molar refractivity (Wildman–Crippen MR) is 104 cm³/mol. The van der Waals surface area contributed by atoms with Crippen molar-refractivity contribution in [1.82, 2.24) is 24.7 Å². The van der Waals surface area contributed by atoms with E-state index in [0.29, 0.717) is 25.9 Å². The van der Waals surface area contributed by atoms with Crippen LogP contribution in [0.5, 0.6) is 0 Å². The Hall–Kier alpha value is -3.03. The third-order valence-corrected chi connectivity index (χ3v) is 5.43. The first kappa shape index (κ1) is 18.3. The Morgan fingerprint density at radius 2 is 1.82 bits per heavy atom. The maximum Gasteiger partial charge on any atom is 0.223 e. The van der Waals surface area contributed by atoms with E-state index in [9.17, 15) is 9.18 Å². The molecule has 1 fully saturated rings. The molecule has 2 aromatic heterocycles. The van der Waals surface area contributed by atoms with Crippen molar-refractivity contribution in [1.29, 1.82) is 0 Å². The summed E-state index contributed by atoms with van der Waals surface area (Å²) in [7, 11) is 0. The summed E-state index contributed by atoms with van der Waals surface area (Å²) in [5.41, 5.74) is 4.73. The molecule has 3 aromatic rings. The maximum absolute atomic E-state index is 13.1. The van der Waals surface area contributed by atoms with Gasteiger partial charge in [-0.15, -0.1) is 10.2 Å². The number of amides is 1. The van der Waals surface area contributed by atoms with E-state index in [1.807, 2.05) is 18.7 Å². The van der Waals surface area contributed by atoms with Gasteiger partial charge in [-0.2, -0.15) is 5.10 Å². The molecule has 0 saturated carbocycles. The molecular formula is C20H23FN6O. The van der Waals surface area contributed by atoms with Crippen LogP contribution in [-0.2, 0) is 11.2 Å². The standard InChI is InChI=1S/C20H23FN6O/c1-14-18(15(2)24-27-13-22-23-20(14)27)7-8-19(28)26-11-9-25(10-12-26)17-5-3-16(21)4-6-17/h3-6,13H,7-12H2,1-2H3. The van der Waals surface area contributed by atoms with Gasteiger partial charge in [0.05, 0.1) is 5.69 Å². The fourth-order valence-corrected chi connectivity index (χ4v) is 3.80. The highest BCUT2D eigenvalue weighted by molar-refractivity contribution is 5.77. The average molecular weight is 382 g/mol.